The number of rotatable bonds is 7. The van der Waals surface area contributed by atoms with Gasteiger partial charge in [-0.3, -0.25) is 0 Å². The van der Waals surface area contributed by atoms with Gasteiger partial charge in [0, 0.05) is 17.8 Å². The van der Waals surface area contributed by atoms with E-state index in [0.29, 0.717) is 11.3 Å². The summed E-state index contributed by atoms with van der Waals surface area (Å²) in [5, 5.41) is 1.14. The van der Waals surface area contributed by atoms with Crippen LogP contribution >= 0.6 is 0 Å². The van der Waals surface area contributed by atoms with E-state index < -0.39 is 10.0 Å². The first kappa shape index (κ1) is 23.3. The highest BCUT2D eigenvalue weighted by Crippen LogP contribution is 2.31. The number of nitrogens with one attached hydrogen (secondary N) is 1. The third-order valence-electron chi connectivity index (χ3n) is 6.31. The van der Waals surface area contributed by atoms with Crippen molar-refractivity contribution in [2.75, 3.05) is 0 Å². The molecule has 1 heterocycles. The number of nitrogens with zero attached hydrogens (tertiary/aromatic N) is 1. The molecule has 0 aliphatic heterocycles. The summed E-state index contributed by atoms with van der Waals surface area (Å²) in [6, 6.07) is 22.0. The van der Waals surface area contributed by atoms with Gasteiger partial charge in [-0.15, -0.1) is 0 Å². The Hall–Kier alpha value is -2.89. The van der Waals surface area contributed by atoms with Crippen molar-refractivity contribution in [1.29, 1.82) is 0 Å². The van der Waals surface area contributed by atoms with Gasteiger partial charge in [0.2, 0.25) is 10.0 Å². The second-order valence-corrected chi connectivity index (χ2v) is 10.7. The van der Waals surface area contributed by atoms with Crippen LogP contribution in [-0.4, -0.2) is 19.0 Å². The van der Waals surface area contributed by atoms with Crippen LogP contribution in [0.2, 0.25) is 0 Å². The molecule has 1 unspecified atom stereocenters. The van der Waals surface area contributed by atoms with Gasteiger partial charge in [-0.05, 0) is 68.3 Å². The lowest BCUT2D eigenvalue weighted by atomic mass is 9.96. The maximum atomic E-state index is 13.7. The Morgan fingerprint density at radius 1 is 0.848 bits per heavy atom. The summed E-state index contributed by atoms with van der Waals surface area (Å²) >= 11 is 0. The molecular formula is C28H32N2O2S. The third-order valence-corrected chi connectivity index (χ3v) is 8.11. The lowest BCUT2D eigenvalue weighted by molar-refractivity contribution is 0.431. The predicted octanol–water partition coefficient (Wildman–Crippen LogP) is 6.22. The van der Waals surface area contributed by atoms with Crippen LogP contribution in [0.25, 0.3) is 10.9 Å². The molecular weight excluding hydrogens is 428 g/mol. The van der Waals surface area contributed by atoms with E-state index in [1.807, 2.05) is 58.0 Å². The van der Waals surface area contributed by atoms with Crippen molar-refractivity contribution in [3.05, 3.63) is 101 Å². The highest BCUT2D eigenvalue weighted by molar-refractivity contribution is 7.89. The van der Waals surface area contributed by atoms with Gasteiger partial charge in [-0.1, -0.05) is 72.6 Å². The predicted molar refractivity (Wildman–Crippen MR) is 136 cm³/mol. The molecule has 4 rings (SSSR count). The Bertz CT molecular complexity index is 1380. The first-order valence-corrected chi connectivity index (χ1v) is 12.9. The summed E-state index contributed by atoms with van der Waals surface area (Å²) in [6.45, 7) is 9.83. The molecule has 0 saturated heterocycles. The van der Waals surface area contributed by atoms with Crippen LogP contribution < -0.4 is 4.72 Å². The van der Waals surface area contributed by atoms with Gasteiger partial charge in [0.05, 0.1) is 10.9 Å². The van der Waals surface area contributed by atoms with E-state index in [2.05, 4.69) is 58.8 Å². The molecule has 1 N–H and O–H groups in total. The van der Waals surface area contributed by atoms with Crippen LogP contribution in [0.15, 0.2) is 77.8 Å². The van der Waals surface area contributed by atoms with Crippen molar-refractivity contribution >= 4 is 20.9 Å². The smallest absolute Gasteiger partial charge is 0.241 e. The number of aryl methyl sites for hydroxylation is 4. The number of aromatic nitrogens is 1. The minimum absolute atomic E-state index is 0.185. The van der Waals surface area contributed by atoms with E-state index in [4.69, 9.17) is 0 Å². The summed E-state index contributed by atoms with van der Waals surface area (Å²) < 4.78 is 32.6. The molecule has 3 aromatic carbocycles. The standard InChI is InChI=1S/C28H32N2O2S/c1-6-25(29-33(31,32)28-21(4)16-20(3)17-22(28)5)27(24-12-9-10-19(2)18-24)30-15-14-23-11-7-8-13-26(23)30/h7-18,25,27,29H,6H2,1-5H3/t25?,27-/m0/s1. The van der Waals surface area contributed by atoms with Gasteiger partial charge < -0.3 is 4.57 Å². The maximum absolute atomic E-state index is 13.7. The van der Waals surface area contributed by atoms with Gasteiger partial charge in [-0.25, -0.2) is 13.1 Å². The molecule has 0 fully saturated rings. The number of sulfonamides is 1. The molecule has 0 spiro atoms. The first-order valence-electron chi connectivity index (χ1n) is 11.4. The van der Waals surface area contributed by atoms with Gasteiger partial charge in [-0.2, -0.15) is 0 Å². The number of fused-ring (bicyclic) bond motifs is 1. The Kier molecular flexibility index (Phi) is 6.46. The highest BCUT2D eigenvalue weighted by atomic mass is 32.2. The van der Waals surface area contributed by atoms with Crippen molar-refractivity contribution in [3.8, 4) is 0 Å². The minimum atomic E-state index is -3.72. The fraction of sp³-hybridized carbons (Fsp3) is 0.286. The third kappa shape index (κ3) is 4.61. The van der Waals surface area contributed by atoms with Crippen molar-refractivity contribution in [2.24, 2.45) is 0 Å². The van der Waals surface area contributed by atoms with E-state index in [1.165, 1.54) is 0 Å². The van der Waals surface area contributed by atoms with Crippen LogP contribution in [0.1, 0.15) is 47.2 Å². The molecule has 2 atom stereocenters. The normalized spacial score (nSPS) is 13.8. The Balaban J connectivity index is 1.84. The molecule has 33 heavy (non-hydrogen) atoms. The van der Waals surface area contributed by atoms with Gasteiger partial charge in [0.25, 0.3) is 0 Å². The Morgan fingerprint density at radius 2 is 1.55 bits per heavy atom. The fourth-order valence-corrected chi connectivity index (χ4v) is 6.79. The molecule has 4 nitrogen and oxygen atoms in total. The molecule has 1 aromatic heterocycles. The number of hydrogen-bond donors (Lipinski definition) is 1. The SMILES string of the molecule is CCC(NS(=O)(=O)c1c(C)cc(C)cc1C)[C@H](c1cccc(C)c1)n1ccc2ccccc21. The van der Waals surface area contributed by atoms with Crippen LogP contribution in [0, 0.1) is 27.7 Å². The lowest BCUT2D eigenvalue weighted by Gasteiger charge is -2.30. The molecule has 0 radical (unpaired) electrons. The summed E-state index contributed by atoms with van der Waals surface area (Å²) in [5.74, 6) is 0. The number of hydrogen-bond acceptors (Lipinski definition) is 2. The van der Waals surface area contributed by atoms with Gasteiger partial charge >= 0.3 is 0 Å². The van der Waals surface area contributed by atoms with Gasteiger partial charge in [0.15, 0.2) is 0 Å². The van der Waals surface area contributed by atoms with Crippen molar-refractivity contribution < 1.29 is 8.42 Å². The summed E-state index contributed by atoms with van der Waals surface area (Å²) in [5.41, 5.74) is 5.93. The Labute approximate surface area is 197 Å². The van der Waals surface area contributed by atoms with E-state index in [1.54, 1.807) is 0 Å². The zero-order valence-electron chi connectivity index (χ0n) is 20.0. The molecule has 4 aromatic rings. The summed E-state index contributed by atoms with van der Waals surface area (Å²) in [4.78, 5) is 0.381. The minimum Gasteiger partial charge on any atom is -0.338 e. The molecule has 172 valence electrons. The topological polar surface area (TPSA) is 51.1 Å². The van der Waals surface area contributed by atoms with Crippen molar-refractivity contribution in [1.82, 2.24) is 9.29 Å². The molecule has 0 aliphatic rings. The highest BCUT2D eigenvalue weighted by Gasteiger charge is 2.30. The van der Waals surface area contributed by atoms with E-state index in [9.17, 15) is 8.42 Å². The maximum Gasteiger partial charge on any atom is 0.241 e. The van der Waals surface area contributed by atoms with E-state index >= 15 is 0 Å². The van der Waals surface area contributed by atoms with Gasteiger partial charge in [0.1, 0.15) is 0 Å². The van der Waals surface area contributed by atoms with E-state index in [-0.39, 0.29) is 12.1 Å². The van der Waals surface area contributed by atoms with Crippen LogP contribution in [0.3, 0.4) is 0 Å². The first-order chi connectivity index (χ1) is 15.7. The number of para-hydroxylation sites is 1. The molecule has 0 bridgehead atoms. The van der Waals surface area contributed by atoms with Crippen LogP contribution in [0.5, 0.6) is 0 Å². The zero-order valence-corrected chi connectivity index (χ0v) is 20.8. The van der Waals surface area contributed by atoms with Crippen LogP contribution in [-0.2, 0) is 10.0 Å². The molecule has 5 heteroatoms. The van der Waals surface area contributed by atoms with Crippen LogP contribution in [0.4, 0.5) is 0 Å². The molecule has 0 amide bonds. The second-order valence-electron chi connectivity index (χ2n) is 9.00. The van der Waals surface area contributed by atoms with Crippen molar-refractivity contribution in [2.45, 2.75) is 58.0 Å². The number of benzene rings is 3. The lowest BCUT2D eigenvalue weighted by Crippen LogP contribution is -2.41. The zero-order chi connectivity index (χ0) is 23.8. The monoisotopic (exact) mass is 460 g/mol. The molecule has 0 saturated carbocycles. The average molecular weight is 461 g/mol. The second kappa shape index (κ2) is 9.16. The fourth-order valence-electron chi connectivity index (χ4n) is 5.01. The summed E-state index contributed by atoms with van der Waals surface area (Å²) in [6.07, 6.45) is 2.71. The van der Waals surface area contributed by atoms with Crippen molar-refractivity contribution in [3.63, 3.8) is 0 Å². The van der Waals surface area contributed by atoms with E-state index in [0.717, 1.165) is 38.7 Å². The summed E-state index contributed by atoms with van der Waals surface area (Å²) in [7, 11) is -3.72. The Morgan fingerprint density at radius 3 is 2.21 bits per heavy atom. The average Bonchev–Trinajstić information content (AvgIpc) is 3.16. The quantitative estimate of drug-likeness (QED) is 0.356. The largest absolute Gasteiger partial charge is 0.338 e. The molecule has 0 aliphatic carbocycles.